The number of primary amides is 1. The van der Waals surface area contributed by atoms with E-state index in [1.165, 1.54) is 23.1 Å². The van der Waals surface area contributed by atoms with Crippen LogP contribution in [0.4, 0.5) is 4.79 Å². The summed E-state index contributed by atoms with van der Waals surface area (Å²) >= 11 is 0. The van der Waals surface area contributed by atoms with E-state index in [1.807, 2.05) is 13.8 Å². The van der Waals surface area contributed by atoms with Gasteiger partial charge in [-0.2, -0.15) is 0 Å². The number of urea groups is 1. The molecule has 0 radical (unpaired) electrons. The molecule has 0 unspecified atom stereocenters. The van der Waals surface area contributed by atoms with Crippen molar-refractivity contribution in [1.82, 2.24) is 20.4 Å². The Bertz CT molecular complexity index is 618. The van der Waals surface area contributed by atoms with E-state index in [4.69, 9.17) is 5.73 Å². The molecular weight excluding hydrogens is 374 g/mol. The molecule has 1 saturated carbocycles. The first-order chi connectivity index (χ1) is 13.7. The maximum Gasteiger partial charge on any atom is 0.317 e. The van der Waals surface area contributed by atoms with E-state index in [1.54, 1.807) is 0 Å². The summed E-state index contributed by atoms with van der Waals surface area (Å²) in [4.78, 5) is 52.3. The molecule has 0 aromatic heterocycles. The van der Waals surface area contributed by atoms with Gasteiger partial charge in [0, 0.05) is 26.1 Å². The first-order valence-corrected chi connectivity index (χ1v) is 10.6. The first kappa shape index (κ1) is 23.0. The van der Waals surface area contributed by atoms with Crippen LogP contribution in [0.5, 0.6) is 0 Å². The molecule has 2 rings (SSSR count). The number of hydrogen-bond acceptors (Lipinski definition) is 4. The Hall–Kier alpha value is -2.32. The standard InChI is InChI=1S/C20H35N5O4/c1-13(2)22-20(29)24-9-10-25(14(3)26)17(12-24)19(28)23-16(18(21)27)11-15-7-5-4-6-8-15/h13,15-17H,4-12H2,1-3H3,(H2,21,27)(H,22,29)(H,23,28)/t16-,17+/m0/s1. The zero-order valence-electron chi connectivity index (χ0n) is 17.8. The summed E-state index contributed by atoms with van der Waals surface area (Å²) < 4.78 is 0. The van der Waals surface area contributed by atoms with Gasteiger partial charge in [0.15, 0.2) is 0 Å². The Balaban J connectivity index is 2.06. The van der Waals surface area contributed by atoms with E-state index in [-0.39, 0.29) is 31.1 Å². The van der Waals surface area contributed by atoms with Crippen LogP contribution in [0.2, 0.25) is 0 Å². The number of carbonyl (C=O) groups is 4. The first-order valence-electron chi connectivity index (χ1n) is 10.6. The number of amides is 5. The zero-order valence-corrected chi connectivity index (χ0v) is 17.8. The number of nitrogens with two attached hydrogens (primary N) is 1. The second kappa shape index (κ2) is 10.5. The van der Waals surface area contributed by atoms with E-state index in [9.17, 15) is 19.2 Å². The van der Waals surface area contributed by atoms with Crippen LogP contribution in [0.15, 0.2) is 0 Å². The lowest BCUT2D eigenvalue weighted by atomic mass is 9.84. The Morgan fingerprint density at radius 1 is 1.03 bits per heavy atom. The lowest BCUT2D eigenvalue weighted by Gasteiger charge is -2.40. The summed E-state index contributed by atoms with van der Waals surface area (Å²) in [7, 11) is 0. The molecule has 0 aromatic carbocycles. The van der Waals surface area contributed by atoms with E-state index >= 15 is 0 Å². The SMILES string of the molecule is CC(=O)N1CCN(C(=O)NC(C)C)C[C@@H]1C(=O)N[C@@H](CC1CCCCC1)C(N)=O. The summed E-state index contributed by atoms with van der Waals surface area (Å²) in [5.74, 6) is -0.882. The molecule has 0 bridgehead atoms. The minimum Gasteiger partial charge on any atom is -0.368 e. The summed E-state index contributed by atoms with van der Waals surface area (Å²) in [6.45, 7) is 5.82. The third-order valence-corrected chi connectivity index (χ3v) is 5.74. The number of carbonyl (C=O) groups excluding carboxylic acids is 4. The molecule has 2 fully saturated rings. The van der Waals surface area contributed by atoms with Gasteiger partial charge in [0.1, 0.15) is 12.1 Å². The quantitative estimate of drug-likeness (QED) is 0.593. The van der Waals surface area contributed by atoms with Gasteiger partial charge >= 0.3 is 6.03 Å². The molecule has 9 nitrogen and oxygen atoms in total. The molecule has 1 heterocycles. The zero-order chi connectivity index (χ0) is 21.6. The molecule has 0 aromatic rings. The highest BCUT2D eigenvalue weighted by molar-refractivity contribution is 5.92. The molecule has 164 valence electrons. The van der Waals surface area contributed by atoms with Crippen molar-refractivity contribution < 1.29 is 19.2 Å². The third kappa shape index (κ3) is 6.61. The van der Waals surface area contributed by atoms with E-state index in [2.05, 4.69) is 10.6 Å². The third-order valence-electron chi connectivity index (χ3n) is 5.74. The van der Waals surface area contributed by atoms with Crippen LogP contribution in [-0.4, -0.2) is 71.3 Å². The molecule has 2 aliphatic rings. The van der Waals surface area contributed by atoms with Crippen LogP contribution in [0.3, 0.4) is 0 Å². The van der Waals surface area contributed by atoms with Crippen LogP contribution < -0.4 is 16.4 Å². The Labute approximate surface area is 172 Å². The largest absolute Gasteiger partial charge is 0.368 e. The van der Waals surface area contributed by atoms with Gasteiger partial charge in [-0.05, 0) is 26.2 Å². The van der Waals surface area contributed by atoms with Gasteiger partial charge in [-0.15, -0.1) is 0 Å². The minimum atomic E-state index is -0.840. The molecule has 1 aliphatic heterocycles. The van der Waals surface area contributed by atoms with Gasteiger partial charge in [0.2, 0.25) is 17.7 Å². The van der Waals surface area contributed by atoms with Crippen LogP contribution >= 0.6 is 0 Å². The molecule has 5 amide bonds. The van der Waals surface area contributed by atoms with Crippen molar-refractivity contribution in [3.05, 3.63) is 0 Å². The predicted octanol–water partition coefficient (Wildman–Crippen LogP) is 0.578. The van der Waals surface area contributed by atoms with E-state index in [0.717, 1.165) is 25.7 Å². The second-order valence-corrected chi connectivity index (χ2v) is 8.48. The van der Waals surface area contributed by atoms with Crippen LogP contribution in [-0.2, 0) is 14.4 Å². The fraction of sp³-hybridized carbons (Fsp3) is 0.800. The molecule has 2 atom stereocenters. The Morgan fingerprint density at radius 2 is 1.69 bits per heavy atom. The average Bonchev–Trinajstić information content (AvgIpc) is 2.67. The van der Waals surface area contributed by atoms with E-state index in [0.29, 0.717) is 18.9 Å². The van der Waals surface area contributed by atoms with Crippen LogP contribution in [0, 0.1) is 5.92 Å². The average molecular weight is 410 g/mol. The normalized spacial score (nSPS) is 21.6. The number of piperazine rings is 1. The highest BCUT2D eigenvalue weighted by Crippen LogP contribution is 2.27. The summed E-state index contributed by atoms with van der Waals surface area (Å²) in [5, 5.41) is 5.56. The maximum absolute atomic E-state index is 13.0. The number of nitrogens with zero attached hydrogens (tertiary/aromatic N) is 2. The molecular formula is C20H35N5O4. The van der Waals surface area contributed by atoms with Gasteiger partial charge in [-0.3, -0.25) is 14.4 Å². The molecule has 0 spiro atoms. The van der Waals surface area contributed by atoms with Gasteiger partial charge in [-0.25, -0.2) is 4.79 Å². The van der Waals surface area contributed by atoms with Gasteiger partial charge in [-0.1, -0.05) is 32.1 Å². The molecule has 1 aliphatic carbocycles. The van der Waals surface area contributed by atoms with Gasteiger partial charge < -0.3 is 26.2 Å². The second-order valence-electron chi connectivity index (χ2n) is 8.48. The van der Waals surface area contributed by atoms with Crippen molar-refractivity contribution in [3.63, 3.8) is 0 Å². The van der Waals surface area contributed by atoms with Crippen molar-refractivity contribution in [2.24, 2.45) is 11.7 Å². The summed E-state index contributed by atoms with van der Waals surface area (Å²) in [6, 6.07) is -1.91. The van der Waals surface area contributed by atoms with Crippen molar-refractivity contribution in [2.45, 2.75) is 77.4 Å². The Morgan fingerprint density at radius 3 is 2.24 bits per heavy atom. The van der Waals surface area contributed by atoms with Crippen molar-refractivity contribution in [2.75, 3.05) is 19.6 Å². The summed E-state index contributed by atoms with van der Waals surface area (Å²) in [6.07, 6.45) is 6.05. The van der Waals surface area contributed by atoms with Gasteiger partial charge in [0.25, 0.3) is 0 Å². The van der Waals surface area contributed by atoms with Crippen molar-refractivity contribution in [1.29, 1.82) is 0 Å². The monoisotopic (exact) mass is 409 g/mol. The van der Waals surface area contributed by atoms with Crippen LogP contribution in [0.25, 0.3) is 0 Å². The lowest BCUT2D eigenvalue weighted by Crippen LogP contribution is -2.64. The van der Waals surface area contributed by atoms with Crippen LogP contribution in [0.1, 0.15) is 59.3 Å². The fourth-order valence-corrected chi connectivity index (χ4v) is 4.18. The molecule has 29 heavy (non-hydrogen) atoms. The highest BCUT2D eigenvalue weighted by atomic mass is 16.2. The minimum absolute atomic E-state index is 0.0321. The smallest absolute Gasteiger partial charge is 0.317 e. The van der Waals surface area contributed by atoms with Gasteiger partial charge in [0.05, 0.1) is 6.54 Å². The maximum atomic E-state index is 13.0. The fourth-order valence-electron chi connectivity index (χ4n) is 4.18. The lowest BCUT2D eigenvalue weighted by molar-refractivity contribution is -0.142. The predicted molar refractivity (Wildman–Crippen MR) is 109 cm³/mol. The molecule has 9 heteroatoms. The van der Waals surface area contributed by atoms with E-state index < -0.39 is 23.9 Å². The number of nitrogens with one attached hydrogen (secondary N) is 2. The summed E-state index contributed by atoms with van der Waals surface area (Å²) in [5.41, 5.74) is 5.55. The number of rotatable bonds is 6. The Kier molecular flexibility index (Phi) is 8.28. The topological polar surface area (TPSA) is 125 Å². The highest BCUT2D eigenvalue weighted by Gasteiger charge is 2.37. The van der Waals surface area contributed by atoms with Crippen molar-refractivity contribution >= 4 is 23.8 Å². The molecule has 4 N–H and O–H groups in total. The number of hydrogen-bond donors (Lipinski definition) is 3. The van der Waals surface area contributed by atoms with Crippen molar-refractivity contribution in [3.8, 4) is 0 Å². The molecule has 1 saturated heterocycles.